The van der Waals surface area contributed by atoms with Crippen LogP contribution in [-0.4, -0.2) is 41.4 Å². The molecule has 2 aromatic rings. The van der Waals surface area contributed by atoms with Gasteiger partial charge in [-0.1, -0.05) is 30.3 Å². The average Bonchev–Trinajstić information content (AvgIpc) is 3.22. The van der Waals surface area contributed by atoms with Crippen LogP contribution in [0.1, 0.15) is 12.5 Å². The van der Waals surface area contributed by atoms with Gasteiger partial charge in [0.1, 0.15) is 12.4 Å². The lowest BCUT2D eigenvalue weighted by atomic mass is 10.1. The summed E-state index contributed by atoms with van der Waals surface area (Å²) in [6.45, 7) is 1.72. The van der Waals surface area contributed by atoms with Crippen LogP contribution in [-0.2, 0) is 20.8 Å². The summed E-state index contributed by atoms with van der Waals surface area (Å²) < 4.78 is 13.3. The summed E-state index contributed by atoms with van der Waals surface area (Å²) >= 11 is 0. The molecule has 4 rings (SSSR count). The van der Waals surface area contributed by atoms with E-state index >= 15 is 0 Å². The minimum absolute atomic E-state index is 0.286. The number of benzene rings is 2. The van der Waals surface area contributed by atoms with Crippen LogP contribution in [0.5, 0.6) is 0 Å². The number of nitrogens with zero attached hydrogens (tertiary/aromatic N) is 4. The molecule has 9 heteroatoms. The number of imide groups is 1. The number of hydrogen-bond acceptors (Lipinski definition) is 6. The maximum absolute atomic E-state index is 13.3. The zero-order valence-corrected chi connectivity index (χ0v) is 15.6. The topological polar surface area (TPSA) is 94.4 Å². The van der Waals surface area contributed by atoms with Crippen molar-refractivity contribution in [2.24, 2.45) is 10.3 Å². The van der Waals surface area contributed by atoms with Crippen LogP contribution in [0.25, 0.3) is 0 Å². The number of carbonyl (C=O) groups is 3. The van der Waals surface area contributed by atoms with Crippen LogP contribution in [0.2, 0.25) is 0 Å². The van der Waals surface area contributed by atoms with E-state index in [0.717, 1.165) is 16.9 Å². The summed E-state index contributed by atoms with van der Waals surface area (Å²) in [6, 6.07) is 10.7. The van der Waals surface area contributed by atoms with E-state index in [4.69, 9.17) is 0 Å². The third-order valence-electron chi connectivity index (χ3n) is 4.87. The number of nitrogens with one attached hydrogen (secondary N) is 1. The molecule has 1 fully saturated rings. The summed E-state index contributed by atoms with van der Waals surface area (Å²) in [5, 5.41) is 11.5. The van der Waals surface area contributed by atoms with Crippen LogP contribution in [0.3, 0.4) is 0 Å². The molecule has 0 unspecified atom stereocenters. The molecule has 2 atom stereocenters. The number of anilines is 2. The fraction of sp³-hybridized carbons (Fsp3) is 0.250. The molecule has 2 heterocycles. The van der Waals surface area contributed by atoms with Crippen molar-refractivity contribution >= 4 is 29.1 Å². The maximum Gasteiger partial charge on any atom is 0.263 e. The largest absolute Gasteiger partial charge is 0.324 e. The van der Waals surface area contributed by atoms with Crippen molar-refractivity contribution in [3.05, 3.63) is 59.9 Å². The zero-order chi connectivity index (χ0) is 20.5. The number of hydrogen-bond donors (Lipinski definition) is 1. The number of carbonyl (C=O) groups excluding carboxylic acids is 3. The minimum Gasteiger partial charge on any atom is -0.324 e. The van der Waals surface area contributed by atoms with Gasteiger partial charge in [-0.05, 0) is 42.3 Å². The van der Waals surface area contributed by atoms with E-state index in [1.165, 1.54) is 23.2 Å². The molecular formula is C20H18FN5O3. The Morgan fingerprint density at radius 1 is 1.14 bits per heavy atom. The van der Waals surface area contributed by atoms with Crippen molar-refractivity contribution in [2.75, 3.05) is 16.8 Å². The van der Waals surface area contributed by atoms with Gasteiger partial charge in [-0.3, -0.25) is 19.4 Å². The third kappa shape index (κ3) is 3.46. The molecule has 0 bridgehead atoms. The Kier molecular flexibility index (Phi) is 4.79. The lowest BCUT2D eigenvalue weighted by Crippen LogP contribution is -2.43. The lowest BCUT2D eigenvalue weighted by Gasteiger charge is -2.20. The van der Waals surface area contributed by atoms with Gasteiger partial charge in [-0.25, -0.2) is 9.29 Å². The van der Waals surface area contributed by atoms with Crippen LogP contribution in [0.15, 0.2) is 58.9 Å². The zero-order valence-electron chi connectivity index (χ0n) is 15.6. The summed E-state index contributed by atoms with van der Waals surface area (Å²) in [5.74, 6) is -1.93. The highest BCUT2D eigenvalue weighted by Crippen LogP contribution is 2.31. The van der Waals surface area contributed by atoms with Gasteiger partial charge < -0.3 is 5.32 Å². The average molecular weight is 395 g/mol. The first kappa shape index (κ1) is 18.7. The van der Waals surface area contributed by atoms with E-state index in [2.05, 4.69) is 15.7 Å². The third-order valence-corrected chi connectivity index (χ3v) is 4.87. The summed E-state index contributed by atoms with van der Waals surface area (Å²) in [5.41, 5.74) is 1.84. The molecule has 2 aliphatic heterocycles. The Bertz CT molecular complexity index is 1010. The summed E-state index contributed by atoms with van der Waals surface area (Å²) in [7, 11) is 0. The second-order valence-electron chi connectivity index (χ2n) is 6.78. The van der Waals surface area contributed by atoms with E-state index in [0.29, 0.717) is 5.69 Å². The van der Waals surface area contributed by atoms with Crippen molar-refractivity contribution in [3.63, 3.8) is 0 Å². The van der Waals surface area contributed by atoms with Crippen LogP contribution in [0.4, 0.5) is 15.8 Å². The fourth-order valence-corrected chi connectivity index (χ4v) is 3.40. The smallest absolute Gasteiger partial charge is 0.263 e. The minimum atomic E-state index is -0.977. The molecule has 1 saturated heterocycles. The summed E-state index contributed by atoms with van der Waals surface area (Å²) in [6.07, 6.45) is 0.843. The van der Waals surface area contributed by atoms with Crippen LogP contribution < -0.4 is 10.2 Å². The fourth-order valence-electron chi connectivity index (χ4n) is 3.40. The molecular weight excluding hydrogens is 377 g/mol. The van der Waals surface area contributed by atoms with Gasteiger partial charge in [-0.15, -0.1) is 0 Å². The molecule has 0 aliphatic carbocycles. The highest BCUT2D eigenvalue weighted by atomic mass is 19.1. The predicted molar refractivity (Wildman–Crippen MR) is 102 cm³/mol. The molecule has 148 valence electrons. The van der Waals surface area contributed by atoms with Gasteiger partial charge in [0, 0.05) is 5.69 Å². The van der Waals surface area contributed by atoms with E-state index < -0.39 is 35.6 Å². The van der Waals surface area contributed by atoms with Gasteiger partial charge in [0.25, 0.3) is 11.8 Å². The second kappa shape index (κ2) is 7.42. The molecule has 0 spiro atoms. The second-order valence-corrected chi connectivity index (χ2v) is 6.78. The van der Waals surface area contributed by atoms with Crippen molar-refractivity contribution in [3.8, 4) is 0 Å². The molecule has 29 heavy (non-hydrogen) atoms. The predicted octanol–water partition coefficient (Wildman–Crippen LogP) is 2.32. The lowest BCUT2D eigenvalue weighted by molar-refractivity contribution is -0.123. The number of halogens is 1. The van der Waals surface area contributed by atoms with Crippen molar-refractivity contribution < 1.29 is 18.8 Å². The molecule has 3 amide bonds. The quantitative estimate of drug-likeness (QED) is 0.786. The van der Waals surface area contributed by atoms with E-state index in [9.17, 15) is 18.8 Å². The first-order chi connectivity index (χ1) is 14.0. The highest BCUT2D eigenvalue weighted by molar-refractivity contribution is 6.25. The van der Waals surface area contributed by atoms with Crippen LogP contribution >= 0.6 is 0 Å². The molecule has 0 radical (unpaired) electrons. The van der Waals surface area contributed by atoms with Crippen molar-refractivity contribution in [1.82, 2.24) is 5.01 Å². The van der Waals surface area contributed by atoms with E-state index in [1.807, 2.05) is 19.1 Å². The number of fused-ring (bicyclic) bond motifs is 1. The Morgan fingerprint density at radius 2 is 1.90 bits per heavy atom. The maximum atomic E-state index is 13.3. The summed E-state index contributed by atoms with van der Waals surface area (Å²) in [4.78, 5) is 39.0. The standard InChI is InChI=1S/C20H18FN5O3/c1-2-12-6-8-15(9-7-12)26-19(28)17-18(20(26)29)25(24-23-17)11-16(27)22-14-5-3-4-13(21)10-14/h3-10,17-18H,2,11H2,1H3,(H,22,27)/t17-,18-/m1/s1. The molecule has 2 aliphatic rings. The Balaban J connectivity index is 1.48. The molecule has 0 aromatic heterocycles. The highest BCUT2D eigenvalue weighted by Gasteiger charge is 2.55. The molecule has 1 N–H and O–H groups in total. The van der Waals surface area contributed by atoms with Gasteiger partial charge in [0.05, 0.1) is 5.69 Å². The van der Waals surface area contributed by atoms with Gasteiger partial charge in [-0.2, -0.15) is 5.11 Å². The van der Waals surface area contributed by atoms with Crippen molar-refractivity contribution in [1.29, 1.82) is 0 Å². The number of aryl methyl sites for hydroxylation is 1. The van der Waals surface area contributed by atoms with Gasteiger partial charge in [0.2, 0.25) is 5.91 Å². The molecule has 0 saturated carbocycles. The normalized spacial score (nSPS) is 20.3. The Hall–Kier alpha value is -3.62. The first-order valence-electron chi connectivity index (χ1n) is 9.17. The molecule has 2 aromatic carbocycles. The monoisotopic (exact) mass is 395 g/mol. The SMILES string of the molecule is CCc1ccc(N2C(=O)[C@@H]3N=NN(CC(=O)Nc4cccc(F)c4)[C@H]3C2=O)cc1. The van der Waals surface area contributed by atoms with Crippen LogP contribution in [0, 0.1) is 5.82 Å². The van der Waals surface area contributed by atoms with Gasteiger partial charge in [0.15, 0.2) is 12.1 Å². The Labute approximate surface area is 166 Å². The molecule has 8 nitrogen and oxygen atoms in total. The van der Waals surface area contributed by atoms with E-state index in [1.54, 1.807) is 18.2 Å². The Morgan fingerprint density at radius 3 is 2.59 bits per heavy atom. The van der Waals surface area contributed by atoms with E-state index in [-0.39, 0.29) is 12.2 Å². The first-order valence-corrected chi connectivity index (χ1v) is 9.17. The van der Waals surface area contributed by atoms with Crippen molar-refractivity contribution in [2.45, 2.75) is 25.4 Å². The number of amides is 3. The number of rotatable bonds is 5. The van der Waals surface area contributed by atoms with Gasteiger partial charge >= 0.3 is 0 Å².